The van der Waals surface area contributed by atoms with Crippen LogP contribution in [0.3, 0.4) is 0 Å². The second-order valence-corrected chi connectivity index (χ2v) is 7.78. The van der Waals surface area contributed by atoms with Crippen molar-refractivity contribution in [3.8, 4) is 22.5 Å². The third-order valence-corrected chi connectivity index (χ3v) is 5.76. The summed E-state index contributed by atoms with van der Waals surface area (Å²) in [7, 11) is 0. The maximum atomic E-state index is 13.3. The molecule has 1 unspecified atom stereocenters. The molecule has 154 valence electrons. The van der Waals surface area contributed by atoms with Gasteiger partial charge in [-0.1, -0.05) is 78.0 Å². The first-order chi connectivity index (χ1) is 15.3. The standard InChI is InChI=1S/C26H23N3O2/c30-26(22-16-14-20(15-17-22)19-9-3-1-4-10-19)29-18-8-7-13-23(29)25-27-24(28-31-25)21-11-5-2-6-12-21/h1-6,9-12,14-17,23H,7-8,13,18H2. The molecule has 1 atom stereocenters. The van der Waals surface area contributed by atoms with Gasteiger partial charge in [-0.3, -0.25) is 4.79 Å². The van der Waals surface area contributed by atoms with Crippen LogP contribution in [0.1, 0.15) is 41.6 Å². The Morgan fingerprint density at radius 1 is 0.806 bits per heavy atom. The lowest BCUT2D eigenvalue weighted by Crippen LogP contribution is -2.38. The molecule has 5 nitrogen and oxygen atoms in total. The Morgan fingerprint density at radius 3 is 2.16 bits per heavy atom. The van der Waals surface area contributed by atoms with Crippen LogP contribution in [0.15, 0.2) is 89.5 Å². The summed E-state index contributed by atoms with van der Waals surface area (Å²) in [5.74, 6) is 1.07. The number of piperidine rings is 1. The lowest BCUT2D eigenvalue weighted by molar-refractivity contribution is 0.0561. The summed E-state index contributed by atoms with van der Waals surface area (Å²) >= 11 is 0. The molecule has 1 fully saturated rings. The average Bonchev–Trinajstić information content (AvgIpc) is 3.35. The number of nitrogens with zero attached hydrogens (tertiary/aromatic N) is 3. The summed E-state index contributed by atoms with van der Waals surface area (Å²) < 4.78 is 5.60. The molecule has 0 bridgehead atoms. The number of hydrogen-bond donors (Lipinski definition) is 0. The van der Waals surface area contributed by atoms with E-state index < -0.39 is 0 Å². The molecule has 1 aliphatic heterocycles. The van der Waals surface area contributed by atoms with Gasteiger partial charge in [0.05, 0.1) is 0 Å². The predicted octanol–water partition coefficient (Wildman–Crippen LogP) is 5.77. The van der Waals surface area contributed by atoms with Gasteiger partial charge in [0.15, 0.2) is 0 Å². The van der Waals surface area contributed by atoms with Crippen LogP contribution >= 0.6 is 0 Å². The summed E-state index contributed by atoms with van der Waals surface area (Å²) in [5.41, 5.74) is 3.81. The quantitative estimate of drug-likeness (QED) is 0.429. The Kier molecular flexibility index (Phi) is 5.31. The van der Waals surface area contributed by atoms with E-state index in [4.69, 9.17) is 4.52 Å². The van der Waals surface area contributed by atoms with Gasteiger partial charge in [0.2, 0.25) is 11.7 Å². The van der Waals surface area contributed by atoms with Crippen LogP contribution < -0.4 is 0 Å². The van der Waals surface area contributed by atoms with Crippen LogP contribution in [0, 0.1) is 0 Å². The molecule has 31 heavy (non-hydrogen) atoms. The molecule has 5 heteroatoms. The van der Waals surface area contributed by atoms with E-state index in [9.17, 15) is 4.79 Å². The minimum Gasteiger partial charge on any atom is -0.337 e. The van der Waals surface area contributed by atoms with Crippen LogP contribution in [-0.4, -0.2) is 27.5 Å². The van der Waals surface area contributed by atoms with Gasteiger partial charge < -0.3 is 9.42 Å². The normalized spacial score (nSPS) is 16.3. The number of likely N-dealkylation sites (tertiary alicyclic amines) is 1. The zero-order valence-electron chi connectivity index (χ0n) is 17.1. The second-order valence-electron chi connectivity index (χ2n) is 7.78. The summed E-state index contributed by atoms with van der Waals surface area (Å²) in [6.45, 7) is 0.687. The van der Waals surface area contributed by atoms with Gasteiger partial charge in [0.25, 0.3) is 5.91 Å². The van der Waals surface area contributed by atoms with Gasteiger partial charge in [0.1, 0.15) is 6.04 Å². The van der Waals surface area contributed by atoms with Gasteiger partial charge in [-0.15, -0.1) is 0 Å². The monoisotopic (exact) mass is 409 g/mol. The van der Waals surface area contributed by atoms with Gasteiger partial charge in [-0.2, -0.15) is 4.98 Å². The summed E-state index contributed by atoms with van der Waals surface area (Å²) in [6.07, 6.45) is 2.83. The molecule has 0 aliphatic carbocycles. The van der Waals surface area contributed by atoms with E-state index in [1.54, 1.807) is 0 Å². The van der Waals surface area contributed by atoms with E-state index in [1.165, 1.54) is 0 Å². The van der Waals surface area contributed by atoms with E-state index in [0.717, 1.165) is 36.0 Å². The molecule has 0 radical (unpaired) electrons. The lowest BCUT2D eigenvalue weighted by Gasteiger charge is -2.33. The van der Waals surface area contributed by atoms with E-state index in [-0.39, 0.29) is 11.9 Å². The van der Waals surface area contributed by atoms with Crippen molar-refractivity contribution in [3.05, 3.63) is 96.4 Å². The molecule has 0 spiro atoms. The van der Waals surface area contributed by atoms with Crippen molar-refractivity contribution >= 4 is 5.91 Å². The second kappa shape index (κ2) is 8.56. The van der Waals surface area contributed by atoms with Crippen molar-refractivity contribution in [2.45, 2.75) is 25.3 Å². The molecule has 2 heterocycles. The van der Waals surface area contributed by atoms with Crippen molar-refractivity contribution in [3.63, 3.8) is 0 Å². The third-order valence-electron chi connectivity index (χ3n) is 5.76. The third kappa shape index (κ3) is 3.99. The van der Waals surface area contributed by atoms with Crippen molar-refractivity contribution in [2.75, 3.05) is 6.54 Å². The minimum absolute atomic E-state index is 0.00349. The van der Waals surface area contributed by atoms with E-state index in [2.05, 4.69) is 22.3 Å². The summed E-state index contributed by atoms with van der Waals surface area (Å²) in [5, 5.41) is 4.15. The first-order valence-corrected chi connectivity index (χ1v) is 10.6. The number of aromatic nitrogens is 2. The molecule has 0 saturated carbocycles. The van der Waals surface area contributed by atoms with Crippen LogP contribution in [0.5, 0.6) is 0 Å². The topological polar surface area (TPSA) is 59.2 Å². The molecular weight excluding hydrogens is 386 g/mol. The lowest BCUT2D eigenvalue weighted by atomic mass is 9.99. The zero-order valence-corrected chi connectivity index (χ0v) is 17.1. The van der Waals surface area contributed by atoms with Crippen molar-refractivity contribution in [1.82, 2.24) is 15.0 Å². The SMILES string of the molecule is O=C(c1ccc(-c2ccccc2)cc1)N1CCCCC1c1nc(-c2ccccc2)no1. The van der Waals surface area contributed by atoms with E-state index in [1.807, 2.05) is 77.7 Å². The number of benzene rings is 3. The highest BCUT2D eigenvalue weighted by Gasteiger charge is 2.32. The molecule has 1 aliphatic rings. The average molecular weight is 409 g/mol. The number of amides is 1. The molecule has 1 aromatic heterocycles. The molecular formula is C26H23N3O2. The van der Waals surface area contributed by atoms with Crippen molar-refractivity contribution in [2.24, 2.45) is 0 Å². The smallest absolute Gasteiger partial charge is 0.254 e. The molecule has 5 rings (SSSR count). The Bertz CT molecular complexity index is 1150. The summed E-state index contributed by atoms with van der Waals surface area (Å²) in [6, 6.07) is 27.5. The first-order valence-electron chi connectivity index (χ1n) is 10.6. The number of hydrogen-bond acceptors (Lipinski definition) is 4. The predicted molar refractivity (Wildman–Crippen MR) is 119 cm³/mol. The first kappa shape index (κ1) is 19.2. The Hall–Kier alpha value is -3.73. The van der Waals surface area contributed by atoms with Gasteiger partial charge in [-0.05, 0) is 42.5 Å². The number of carbonyl (C=O) groups excluding carboxylic acids is 1. The molecule has 3 aromatic carbocycles. The maximum Gasteiger partial charge on any atom is 0.254 e. The molecule has 0 N–H and O–H groups in total. The number of carbonyl (C=O) groups is 1. The van der Waals surface area contributed by atoms with E-state index in [0.29, 0.717) is 23.8 Å². The zero-order chi connectivity index (χ0) is 21.0. The van der Waals surface area contributed by atoms with Crippen LogP contribution in [0.2, 0.25) is 0 Å². The summed E-state index contributed by atoms with van der Waals surface area (Å²) in [4.78, 5) is 19.8. The minimum atomic E-state index is -0.194. The van der Waals surface area contributed by atoms with Crippen molar-refractivity contribution in [1.29, 1.82) is 0 Å². The Morgan fingerprint density at radius 2 is 1.45 bits per heavy atom. The fourth-order valence-electron chi connectivity index (χ4n) is 4.11. The van der Waals surface area contributed by atoms with E-state index >= 15 is 0 Å². The highest BCUT2D eigenvalue weighted by Crippen LogP contribution is 2.32. The molecule has 4 aromatic rings. The van der Waals surface area contributed by atoms with Gasteiger partial charge in [-0.25, -0.2) is 0 Å². The highest BCUT2D eigenvalue weighted by atomic mass is 16.5. The largest absolute Gasteiger partial charge is 0.337 e. The van der Waals surface area contributed by atoms with Crippen molar-refractivity contribution < 1.29 is 9.32 Å². The molecule has 1 amide bonds. The van der Waals surface area contributed by atoms with Crippen LogP contribution in [0.25, 0.3) is 22.5 Å². The maximum absolute atomic E-state index is 13.3. The Balaban J connectivity index is 1.38. The fraction of sp³-hybridized carbons (Fsp3) is 0.192. The Labute approximate surface area is 181 Å². The highest BCUT2D eigenvalue weighted by molar-refractivity contribution is 5.95. The fourth-order valence-corrected chi connectivity index (χ4v) is 4.11. The molecule has 1 saturated heterocycles. The van der Waals surface area contributed by atoms with Gasteiger partial charge >= 0.3 is 0 Å². The van der Waals surface area contributed by atoms with Crippen LogP contribution in [-0.2, 0) is 0 Å². The van der Waals surface area contributed by atoms with Gasteiger partial charge in [0, 0.05) is 17.7 Å². The van der Waals surface area contributed by atoms with Crippen LogP contribution in [0.4, 0.5) is 0 Å². The number of rotatable bonds is 4.